The molecule has 9 heteroatoms. The molecule has 0 saturated carbocycles. The minimum absolute atomic E-state index is 0.00435. The third-order valence-electron chi connectivity index (χ3n) is 4.41. The summed E-state index contributed by atoms with van der Waals surface area (Å²) in [5.41, 5.74) is -1.90. The number of halogens is 3. The number of pyridine rings is 1. The van der Waals surface area contributed by atoms with Crippen molar-refractivity contribution in [2.75, 3.05) is 0 Å². The normalized spacial score (nSPS) is 12.4. The van der Waals surface area contributed by atoms with Gasteiger partial charge in [-0.05, 0) is 38.5 Å². The molecule has 160 valence electrons. The first-order valence-electron chi connectivity index (χ1n) is 9.41. The highest BCUT2D eigenvalue weighted by molar-refractivity contribution is 5.87. The zero-order valence-electron chi connectivity index (χ0n) is 17.1. The Morgan fingerprint density at radius 2 is 1.80 bits per heavy atom. The Labute approximate surface area is 170 Å². The second-order valence-corrected chi connectivity index (χ2v) is 7.83. The molecule has 0 aliphatic carbocycles. The zero-order valence-corrected chi connectivity index (χ0v) is 17.1. The largest absolute Gasteiger partial charge is 0.443 e. The highest BCUT2D eigenvalue weighted by atomic mass is 19.4. The van der Waals surface area contributed by atoms with Gasteiger partial charge in [-0.25, -0.2) is 14.3 Å². The van der Waals surface area contributed by atoms with Gasteiger partial charge >= 0.3 is 12.3 Å². The Hall–Kier alpha value is -3.10. The number of alkyl halides is 3. The maximum absolute atomic E-state index is 13.3. The lowest BCUT2D eigenvalue weighted by atomic mass is 10.1. The number of nitrogens with zero attached hydrogens (tertiary/aromatic N) is 3. The molecule has 0 fully saturated rings. The summed E-state index contributed by atoms with van der Waals surface area (Å²) in [4.78, 5) is 29.8. The highest BCUT2D eigenvalue weighted by Crippen LogP contribution is 2.32. The van der Waals surface area contributed by atoms with Crippen LogP contribution < -0.4 is 5.56 Å². The number of carbonyl (C=O) groups excluding carboxylic acids is 1. The molecule has 6 nitrogen and oxygen atoms in total. The molecule has 0 atom stereocenters. The van der Waals surface area contributed by atoms with Gasteiger partial charge in [-0.2, -0.15) is 13.2 Å². The third-order valence-corrected chi connectivity index (χ3v) is 4.41. The van der Waals surface area contributed by atoms with Crippen molar-refractivity contribution in [1.82, 2.24) is 14.1 Å². The molecule has 30 heavy (non-hydrogen) atoms. The maximum atomic E-state index is 13.3. The molecule has 0 radical (unpaired) electrons. The van der Waals surface area contributed by atoms with Gasteiger partial charge < -0.3 is 9.30 Å². The Kier molecular flexibility index (Phi) is 5.49. The molecule has 2 aromatic heterocycles. The van der Waals surface area contributed by atoms with E-state index in [1.54, 1.807) is 27.7 Å². The van der Waals surface area contributed by atoms with Crippen LogP contribution in [0.3, 0.4) is 0 Å². The van der Waals surface area contributed by atoms with E-state index < -0.39 is 29.0 Å². The van der Waals surface area contributed by atoms with E-state index in [9.17, 15) is 22.8 Å². The summed E-state index contributed by atoms with van der Waals surface area (Å²) in [7, 11) is 0. The highest BCUT2D eigenvalue weighted by Gasteiger charge is 2.33. The summed E-state index contributed by atoms with van der Waals surface area (Å²) in [5, 5.41) is 0. The first-order chi connectivity index (χ1) is 13.9. The van der Waals surface area contributed by atoms with Crippen LogP contribution in [0.5, 0.6) is 0 Å². The lowest BCUT2D eigenvalue weighted by Crippen LogP contribution is -2.28. The van der Waals surface area contributed by atoms with Gasteiger partial charge in [0.2, 0.25) is 0 Å². The molecule has 0 N–H and O–H groups in total. The van der Waals surface area contributed by atoms with E-state index in [-0.39, 0.29) is 23.1 Å². The molecule has 0 saturated heterocycles. The predicted molar refractivity (Wildman–Crippen MR) is 106 cm³/mol. The summed E-state index contributed by atoms with van der Waals surface area (Å²) in [6.45, 7) is 6.67. The lowest BCUT2D eigenvalue weighted by Gasteiger charge is -2.20. The Morgan fingerprint density at radius 1 is 1.13 bits per heavy atom. The molecular formula is C21H22F3N3O3. The van der Waals surface area contributed by atoms with Gasteiger partial charge in [0.25, 0.3) is 5.56 Å². The molecule has 0 unspecified atom stereocenters. The molecular weight excluding hydrogens is 399 g/mol. The van der Waals surface area contributed by atoms with Crippen LogP contribution in [0.15, 0.2) is 41.3 Å². The fourth-order valence-corrected chi connectivity index (χ4v) is 3.15. The number of carbonyl (C=O) groups is 1. The van der Waals surface area contributed by atoms with E-state index in [0.29, 0.717) is 12.2 Å². The number of imidazole rings is 1. The number of hydrogen-bond acceptors (Lipinski definition) is 4. The monoisotopic (exact) mass is 421 g/mol. The van der Waals surface area contributed by atoms with Crippen LogP contribution in [0, 0.1) is 0 Å². The minimum Gasteiger partial charge on any atom is -0.443 e. The van der Waals surface area contributed by atoms with Crippen molar-refractivity contribution in [1.29, 1.82) is 0 Å². The van der Waals surface area contributed by atoms with E-state index in [1.807, 2.05) is 0 Å². The van der Waals surface area contributed by atoms with Gasteiger partial charge in [0.1, 0.15) is 11.4 Å². The molecule has 0 amide bonds. The molecule has 1 aromatic carbocycles. The third kappa shape index (κ3) is 4.24. The van der Waals surface area contributed by atoms with Crippen molar-refractivity contribution >= 4 is 17.1 Å². The second kappa shape index (κ2) is 7.62. The van der Waals surface area contributed by atoms with Gasteiger partial charge in [0.15, 0.2) is 5.52 Å². The molecule has 3 aromatic rings. The molecule has 0 aliphatic rings. The van der Waals surface area contributed by atoms with Gasteiger partial charge in [-0.3, -0.25) is 4.79 Å². The van der Waals surface area contributed by atoms with E-state index >= 15 is 0 Å². The predicted octanol–water partition coefficient (Wildman–Crippen LogP) is 4.61. The van der Waals surface area contributed by atoms with Crippen LogP contribution in [-0.2, 0) is 23.9 Å². The van der Waals surface area contributed by atoms with E-state index in [1.165, 1.54) is 35.0 Å². The fraction of sp³-hybridized carbons (Fsp3) is 0.381. The Balaban J connectivity index is 2.09. The summed E-state index contributed by atoms with van der Waals surface area (Å²) in [6.07, 6.45) is -3.47. The van der Waals surface area contributed by atoms with Crippen LogP contribution in [0.2, 0.25) is 0 Å². The summed E-state index contributed by atoms with van der Waals surface area (Å²) in [5.74, 6) is 0.338. The van der Waals surface area contributed by atoms with E-state index in [4.69, 9.17) is 4.74 Å². The molecule has 0 bridgehead atoms. The van der Waals surface area contributed by atoms with E-state index in [2.05, 4.69) is 4.98 Å². The average Bonchev–Trinajstić information content (AvgIpc) is 3.02. The number of aromatic nitrogens is 3. The minimum atomic E-state index is -4.53. The van der Waals surface area contributed by atoms with Gasteiger partial charge in [-0.1, -0.05) is 25.1 Å². The van der Waals surface area contributed by atoms with Crippen LogP contribution >= 0.6 is 0 Å². The quantitative estimate of drug-likeness (QED) is 0.620. The Morgan fingerprint density at radius 3 is 2.40 bits per heavy atom. The fourth-order valence-electron chi connectivity index (χ4n) is 3.15. The Bertz CT molecular complexity index is 1150. The lowest BCUT2D eigenvalue weighted by molar-refractivity contribution is -0.138. The standard InChI is InChI=1S/C21H22F3N3O3/c1-5-16-25-17-15(27(16)19(29)30-20(2,3)4)10-11-26(18(17)28)12-13-8-6-7-9-14(13)21(22,23)24/h6-11H,5,12H2,1-4H3. The van der Waals surface area contributed by atoms with Gasteiger partial charge in [-0.15, -0.1) is 0 Å². The summed E-state index contributed by atoms with van der Waals surface area (Å²) in [6, 6.07) is 6.58. The van der Waals surface area contributed by atoms with Crippen molar-refractivity contribution in [3.05, 3.63) is 63.8 Å². The number of ether oxygens (including phenoxy) is 1. The SMILES string of the molecule is CCc1nc2c(=O)n(Cc3ccccc3C(F)(F)F)ccc2n1C(=O)OC(C)(C)C. The van der Waals surface area contributed by atoms with Crippen molar-refractivity contribution < 1.29 is 22.7 Å². The van der Waals surface area contributed by atoms with Crippen LogP contribution in [-0.4, -0.2) is 25.8 Å². The summed E-state index contributed by atoms with van der Waals surface area (Å²) >= 11 is 0. The van der Waals surface area contributed by atoms with Gasteiger partial charge in [0, 0.05) is 12.6 Å². The molecule has 2 heterocycles. The molecule has 3 rings (SSSR count). The second-order valence-electron chi connectivity index (χ2n) is 7.83. The van der Waals surface area contributed by atoms with Crippen LogP contribution in [0.25, 0.3) is 11.0 Å². The molecule has 0 aliphatic heterocycles. The van der Waals surface area contributed by atoms with Crippen LogP contribution in [0.1, 0.15) is 44.6 Å². The van der Waals surface area contributed by atoms with Crippen molar-refractivity contribution in [3.8, 4) is 0 Å². The van der Waals surface area contributed by atoms with Crippen molar-refractivity contribution in [2.45, 2.75) is 52.4 Å². The van der Waals surface area contributed by atoms with Gasteiger partial charge in [0.05, 0.1) is 17.6 Å². The number of rotatable bonds is 3. The summed E-state index contributed by atoms with van der Waals surface area (Å²) < 4.78 is 47.6. The number of hydrogen-bond donors (Lipinski definition) is 0. The van der Waals surface area contributed by atoms with Crippen molar-refractivity contribution in [2.24, 2.45) is 0 Å². The first kappa shape index (κ1) is 21.6. The smallest absolute Gasteiger partial charge is 0.420 e. The number of fused-ring (bicyclic) bond motifs is 1. The van der Waals surface area contributed by atoms with E-state index in [0.717, 1.165) is 10.6 Å². The van der Waals surface area contributed by atoms with Crippen molar-refractivity contribution in [3.63, 3.8) is 0 Å². The first-order valence-corrected chi connectivity index (χ1v) is 9.41. The zero-order chi connectivity index (χ0) is 22.3. The maximum Gasteiger partial charge on any atom is 0.420 e. The topological polar surface area (TPSA) is 66.1 Å². The number of aryl methyl sites for hydroxylation is 1. The number of benzene rings is 1. The van der Waals surface area contributed by atoms with Crippen LogP contribution in [0.4, 0.5) is 18.0 Å². The average molecular weight is 421 g/mol. The molecule has 0 spiro atoms.